The third-order valence-electron chi connectivity index (χ3n) is 12.0. The van der Waals surface area contributed by atoms with Gasteiger partial charge < -0.3 is 9.80 Å². The van der Waals surface area contributed by atoms with E-state index in [0.717, 1.165) is 0 Å². The maximum Gasteiger partial charge on any atom is 0.252 e. The van der Waals surface area contributed by atoms with Crippen LogP contribution in [0.15, 0.2) is 127 Å². The monoisotopic (exact) mass is 578 g/mol. The number of anilines is 5. The zero-order chi connectivity index (χ0) is 29.9. The molecule has 10 rings (SSSR count). The zero-order valence-corrected chi connectivity index (χ0v) is 25.9. The van der Waals surface area contributed by atoms with Crippen LogP contribution in [0.5, 0.6) is 0 Å². The van der Waals surface area contributed by atoms with Crippen LogP contribution in [0.2, 0.25) is 0 Å². The van der Waals surface area contributed by atoms with E-state index in [0.29, 0.717) is 0 Å². The molecule has 3 heteroatoms. The van der Waals surface area contributed by atoms with Crippen LogP contribution >= 0.6 is 0 Å². The summed E-state index contributed by atoms with van der Waals surface area (Å²) in [6.45, 7) is 5.32. The Morgan fingerprint density at radius 3 is 2.11 bits per heavy atom. The predicted octanol–water partition coefficient (Wildman–Crippen LogP) is 8.86. The SMILES string of the molecule is CC12CCCCC1(C)N1c3ccccc3B3c4ccccc4N(c4ccccc4)c4c(-c5cccc6ccccc56)cc2c1c43. The molecule has 2 atom stereocenters. The first-order valence-electron chi connectivity index (χ1n) is 16.6. The minimum atomic E-state index is 0.00828. The van der Waals surface area contributed by atoms with Gasteiger partial charge in [0.15, 0.2) is 0 Å². The molecule has 0 amide bonds. The molecule has 0 aromatic heterocycles. The standard InChI is InChI=1S/C42H35BN2/c1-41-25-12-13-26-42(41,2)45-37-24-11-9-22-35(37)43-34-21-8-10-23-36(34)44(29-17-4-3-5-18-29)39-32(27-33(41)40(45)38(39)43)31-20-14-16-28-15-6-7-19-30(28)31/h3-11,14-24,27H,12-13,25-26H2,1-2H3. The third kappa shape index (κ3) is 3.11. The molecule has 0 spiro atoms. The van der Waals surface area contributed by atoms with Gasteiger partial charge in [-0.3, -0.25) is 0 Å². The molecule has 6 aromatic carbocycles. The molecule has 4 aliphatic rings. The van der Waals surface area contributed by atoms with Crippen molar-refractivity contribution in [2.24, 2.45) is 0 Å². The van der Waals surface area contributed by atoms with E-state index in [-0.39, 0.29) is 17.7 Å². The largest absolute Gasteiger partial charge is 0.335 e. The Morgan fingerprint density at radius 2 is 1.27 bits per heavy atom. The smallest absolute Gasteiger partial charge is 0.252 e. The number of nitrogens with zero attached hydrogens (tertiary/aromatic N) is 2. The lowest BCUT2D eigenvalue weighted by molar-refractivity contribution is 0.195. The van der Waals surface area contributed by atoms with Crippen LogP contribution in [-0.2, 0) is 5.41 Å². The maximum atomic E-state index is 2.82. The fourth-order valence-corrected chi connectivity index (χ4v) is 9.75. The van der Waals surface area contributed by atoms with Crippen LogP contribution in [0.25, 0.3) is 21.9 Å². The van der Waals surface area contributed by atoms with Gasteiger partial charge in [-0.05, 0) is 88.4 Å². The lowest BCUT2D eigenvalue weighted by Gasteiger charge is -2.52. The normalized spacial score (nSPS) is 22.1. The highest BCUT2D eigenvalue weighted by atomic mass is 15.3. The van der Waals surface area contributed by atoms with E-state index in [1.807, 2.05) is 0 Å². The van der Waals surface area contributed by atoms with Crippen molar-refractivity contribution in [3.63, 3.8) is 0 Å². The summed E-state index contributed by atoms with van der Waals surface area (Å²) in [5.74, 6) is 0. The third-order valence-corrected chi connectivity index (χ3v) is 12.0. The van der Waals surface area contributed by atoms with Crippen LogP contribution in [0.4, 0.5) is 28.4 Å². The molecule has 3 heterocycles. The summed E-state index contributed by atoms with van der Waals surface area (Å²) >= 11 is 0. The lowest BCUT2D eigenvalue weighted by atomic mass is 9.33. The molecule has 2 unspecified atom stereocenters. The molecule has 0 bridgehead atoms. The highest BCUT2D eigenvalue weighted by Gasteiger charge is 2.61. The number of hydrogen-bond acceptors (Lipinski definition) is 2. The topological polar surface area (TPSA) is 6.48 Å². The highest BCUT2D eigenvalue weighted by Crippen LogP contribution is 2.63. The molecule has 1 fully saturated rings. The highest BCUT2D eigenvalue weighted by molar-refractivity contribution is 7.00. The van der Waals surface area contributed by atoms with Gasteiger partial charge in [-0.25, -0.2) is 0 Å². The van der Waals surface area contributed by atoms with E-state index >= 15 is 0 Å². The minimum Gasteiger partial charge on any atom is -0.335 e. The average molecular weight is 579 g/mol. The van der Waals surface area contributed by atoms with Crippen molar-refractivity contribution in [3.8, 4) is 11.1 Å². The summed E-state index contributed by atoms with van der Waals surface area (Å²) in [4.78, 5) is 5.40. The Morgan fingerprint density at radius 1 is 0.600 bits per heavy atom. The summed E-state index contributed by atoms with van der Waals surface area (Å²) in [6.07, 6.45) is 4.98. The van der Waals surface area contributed by atoms with Crippen LogP contribution in [0, 0.1) is 0 Å². The first kappa shape index (κ1) is 25.6. The van der Waals surface area contributed by atoms with Crippen molar-refractivity contribution in [1.82, 2.24) is 0 Å². The van der Waals surface area contributed by atoms with Gasteiger partial charge in [0.2, 0.25) is 0 Å². The number of hydrogen-bond donors (Lipinski definition) is 0. The second-order valence-corrected chi connectivity index (χ2v) is 14.0. The molecular formula is C42H35BN2. The number of fused-ring (bicyclic) bond motifs is 9. The van der Waals surface area contributed by atoms with Crippen molar-refractivity contribution >= 4 is 62.3 Å². The second-order valence-electron chi connectivity index (χ2n) is 14.0. The van der Waals surface area contributed by atoms with Gasteiger partial charge >= 0.3 is 0 Å². The summed E-state index contributed by atoms with van der Waals surface area (Å²) in [7, 11) is 0. The number of rotatable bonds is 2. The van der Waals surface area contributed by atoms with Gasteiger partial charge in [-0.2, -0.15) is 0 Å². The van der Waals surface area contributed by atoms with Crippen molar-refractivity contribution in [2.75, 3.05) is 9.80 Å². The van der Waals surface area contributed by atoms with Gasteiger partial charge in [0, 0.05) is 33.7 Å². The fraction of sp³-hybridized carbons (Fsp3) is 0.190. The Balaban J connectivity index is 1.43. The molecule has 45 heavy (non-hydrogen) atoms. The van der Waals surface area contributed by atoms with Crippen LogP contribution in [0.3, 0.4) is 0 Å². The lowest BCUT2D eigenvalue weighted by Crippen LogP contribution is -2.64. The molecule has 1 saturated carbocycles. The van der Waals surface area contributed by atoms with Crippen LogP contribution < -0.4 is 26.2 Å². The summed E-state index contributed by atoms with van der Waals surface area (Å²) in [5, 5.41) is 2.60. The number of para-hydroxylation sites is 3. The molecule has 3 aliphatic heterocycles. The van der Waals surface area contributed by atoms with Gasteiger partial charge in [0.1, 0.15) is 0 Å². The molecule has 216 valence electrons. The fourth-order valence-electron chi connectivity index (χ4n) is 9.75. The molecule has 0 N–H and O–H groups in total. The van der Waals surface area contributed by atoms with E-state index in [1.54, 1.807) is 5.56 Å². The van der Waals surface area contributed by atoms with Gasteiger partial charge in [0.25, 0.3) is 6.71 Å². The Kier molecular flexibility index (Phi) is 5.06. The second kappa shape index (κ2) is 8.91. The number of benzene rings is 6. The Hall–Kier alpha value is -4.76. The van der Waals surface area contributed by atoms with E-state index < -0.39 is 0 Å². The predicted molar refractivity (Wildman–Crippen MR) is 192 cm³/mol. The van der Waals surface area contributed by atoms with Gasteiger partial charge in [-0.15, -0.1) is 0 Å². The van der Waals surface area contributed by atoms with E-state index in [2.05, 4.69) is 151 Å². The first-order valence-corrected chi connectivity index (χ1v) is 16.6. The van der Waals surface area contributed by atoms with Gasteiger partial charge in [0.05, 0.1) is 11.2 Å². The van der Waals surface area contributed by atoms with Crippen LogP contribution in [-0.4, -0.2) is 12.3 Å². The minimum absolute atomic E-state index is 0.00828. The van der Waals surface area contributed by atoms with E-state index in [1.165, 1.54) is 92.4 Å². The average Bonchev–Trinajstić information content (AvgIpc) is 3.30. The molecule has 1 aliphatic carbocycles. The Bertz CT molecular complexity index is 2180. The first-order chi connectivity index (χ1) is 22.1. The summed E-state index contributed by atoms with van der Waals surface area (Å²) in [6, 6.07) is 47.9. The summed E-state index contributed by atoms with van der Waals surface area (Å²) in [5.41, 5.74) is 15.3. The van der Waals surface area contributed by atoms with E-state index in [9.17, 15) is 0 Å². The summed E-state index contributed by atoms with van der Waals surface area (Å²) < 4.78 is 0. The molecular weight excluding hydrogens is 543 g/mol. The molecule has 2 nitrogen and oxygen atoms in total. The quantitative estimate of drug-likeness (QED) is 0.189. The van der Waals surface area contributed by atoms with Gasteiger partial charge in [-0.1, -0.05) is 117 Å². The van der Waals surface area contributed by atoms with Crippen LogP contribution in [0.1, 0.15) is 45.1 Å². The maximum absolute atomic E-state index is 2.82. The Labute approximate surface area is 266 Å². The van der Waals surface area contributed by atoms with Crippen molar-refractivity contribution in [2.45, 2.75) is 50.5 Å². The van der Waals surface area contributed by atoms with Crippen molar-refractivity contribution in [3.05, 3.63) is 133 Å². The van der Waals surface area contributed by atoms with Crippen molar-refractivity contribution in [1.29, 1.82) is 0 Å². The van der Waals surface area contributed by atoms with E-state index in [4.69, 9.17) is 0 Å². The molecule has 6 aromatic rings. The molecule has 0 radical (unpaired) electrons. The zero-order valence-electron chi connectivity index (χ0n) is 25.9. The molecule has 0 saturated heterocycles. The van der Waals surface area contributed by atoms with Crippen molar-refractivity contribution < 1.29 is 0 Å².